The van der Waals surface area contributed by atoms with Crippen molar-refractivity contribution in [3.8, 4) is 6.07 Å². The molecule has 22 heavy (non-hydrogen) atoms. The highest BCUT2D eigenvalue weighted by atomic mass is 16.6. The molecule has 0 aromatic carbocycles. The van der Waals surface area contributed by atoms with Crippen molar-refractivity contribution in [1.82, 2.24) is 10.3 Å². The second-order valence-corrected chi connectivity index (χ2v) is 6.42. The first kappa shape index (κ1) is 16.1. The predicted molar refractivity (Wildman–Crippen MR) is 83.6 cm³/mol. The van der Waals surface area contributed by atoms with Crippen molar-refractivity contribution in [2.24, 2.45) is 0 Å². The Hall–Kier alpha value is -2.29. The monoisotopic (exact) mass is 302 g/mol. The van der Waals surface area contributed by atoms with Crippen molar-refractivity contribution in [3.05, 3.63) is 23.9 Å². The van der Waals surface area contributed by atoms with Crippen LogP contribution < -0.4 is 10.2 Å². The second-order valence-electron chi connectivity index (χ2n) is 6.42. The number of amides is 1. The smallest absolute Gasteiger partial charge is 0.407 e. The van der Waals surface area contributed by atoms with Crippen LogP contribution in [-0.2, 0) is 4.74 Å². The van der Waals surface area contributed by atoms with E-state index in [9.17, 15) is 10.1 Å². The lowest BCUT2D eigenvalue weighted by atomic mass is 10.1. The molecule has 1 atom stereocenters. The fraction of sp³-hybridized carbons (Fsp3) is 0.562. The topological polar surface area (TPSA) is 78.2 Å². The summed E-state index contributed by atoms with van der Waals surface area (Å²) in [6.45, 7) is 6.98. The Morgan fingerprint density at radius 3 is 3.00 bits per heavy atom. The number of alkyl carbamates (subject to hydrolysis) is 1. The van der Waals surface area contributed by atoms with Crippen LogP contribution in [0.15, 0.2) is 18.3 Å². The molecule has 2 heterocycles. The Morgan fingerprint density at radius 2 is 2.32 bits per heavy atom. The molecule has 2 rings (SSSR count). The fourth-order valence-corrected chi connectivity index (χ4v) is 2.50. The quantitative estimate of drug-likeness (QED) is 0.908. The minimum Gasteiger partial charge on any atom is -0.444 e. The van der Waals surface area contributed by atoms with E-state index in [0.717, 1.165) is 19.4 Å². The largest absolute Gasteiger partial charge is 0.444 e. The summed E-state index contributed by atoms with van der Waals surface area (Å²) in [5.74, 6) is 0.681. The molecule has 1 amide bonds. The summed E-state index contributed by atoms with van der Waals surface area (Å²) in [5.41, 5.74) is 0.0494. The van der Waals surface area contributed by atoms with Crippen LogP contribution in [0.4, 0.5) is 10.6 Å². The molecular formula is C16H22N4O2. The van der Waals surface area contributed by atoms with E-state index in [0.29, 0.717) is 17.9 Å². The van der Waals surface area contributed by atoms with Crippen molar-refractivity contribution in [2.75, 3.05) is 18.0 Å². The zero-order valence-electron chi connectivity index (χ0n) is 13.3. The minimum absolute atomic E-state index is 0.00264. The molecule has 6 nitrogen and oxygen atoms in total. The maximum atomic E-state index is 11.9. The number of carbonyl (C=O) groups excluding carboxylic acids is 1. The number of rotatable bonds is 2. The number of carbonyl (C=O) groups is 1. The van der Waals surface area contributed by atoms with Gasteiger partial charge in [-0.2, -0.15) is 5.26 Å². The SMILES string of the molecule is CC(C)(C)OC(=O)NC1CCCN(c2ncccc2C#N)C1. The van der Waals surface area contributed by atoms with Gasteiger partial charge in [0.15, 0.2) is 0 Å². The van der Waals surface area contributed by atoms with Gasteiger partial charge in [0.2, 0.25) is 0 Å². The van der Waals surface area contributed by atoms with Crippen LogP contribution in [0.5, 0.6) is 0 Å². The van der Waals surface area contributed by atoms with E-state index in [1.165, 1.54) is 0 Å². The van der Waals surface area contributed by atoms with Crippen LogP contribution in [0.25, 0.3) is 0 Å². The molecule has 0 spiro atoms. The molecule has 1 N–H and O–H groups in total. The summed E-state index contributed by atoms with van der Waals surface area (Å²) in [5, 5.41) is 12.1. The summed E-state index contributed by atoms with van der Waals surface area (Å²) < 4.78 is 5.29. The maximum Gasteiger partial charge on any atom is 0.407 e. The Morgan fingerprint density at radius 1 is 1.55 bits per heavy atom. The maximum absolute atomic E-state index is 11.9. The Kier molecular flexibility index (Phi) is 4.86. The van der Waals surface area contributed by atoms with Crippen LogP contribution >= 0.6 is 0 Å². The van der Waals surface area contributed by atoms with Gasteiger partial charge in [0, 0.05) is 25.3 Å². The molecule has 118 valence electrons. The highest BCUT2D eigenvalue weighted by Crippen LogP contribution is 2.21. The molecule has 0 aliphatic carbocycles. The Labute approximate surface area is 131 Å². The zero-order valence-corrected chi connectivity index (χ0v) is 13.3. The number of nitriles is 1. The summed E-state index contributed by atoms with van der Waals surface area (Å²) >= 11 is 0. The summed E-state index contributed by atoms with van der Waals surface area (Å²) in [4.78, 5) is 18.2. The van der Waals surface area contributed by atoms with E-state index in [4.69, 9.17) is 4.74 Å². The third kappa shape index (κ3) is 4.35. The van der Waals surface area contributed by atoms with Crippen LogP contribution in [0.2, 0.25) is 0 Å². The molecule has 1 aliphatic rings. The lowest BCUT2D eigenvalue weighted by Crippen LogP contribution is -2.49. The lowest BCUT2D eigenvalue weighted by molar-refractivity contribution is 0.0500. The van der Waals surface area contributed by atoms with Gasteiger partial charge in [-0.3, -0.25) is 0 Å². The van der Waals surface area contributed by atoms with Crippen molar-refractivity contribution in [1.29, 1.82) is 5.26 Å². The molecular weight excluding hydrogens is 280 g/mol. The second kappa shape index (κ2) is 6.65. The fourth-order valence-electron chi connectivity index (χ4n) is 2.50. The third-order valence-corrected chi connectivity index (χ3v) is 3.35. The summed E-state index contributed by atoms with van der Waals surface area (Å²) in [6, 6.07) is 5.67. The van der Waals surface area contributed by atoms with Crippen molar-refractivity contribution in [2.45, 2.75) is 45.3 Å². The molecule has 0 radical (unpaired) electrons. The molecule has 1 unspecified atom stereocenters. The Balaban J connectivity index is 2.00. The van der Waals surface area contributed by atoms with Gasteiger partial charge in [0.05, 0.1) is 5.56 Å². The first-order chi connectivity index (χ1) is 10.4. The first-order valence-electron chi connectivity index (χ1n) is 7.48. The van der Waals surface area contributed by atoms with Gasteiger partial charge in [-0.15, -0.1) is 0 Å². The van der Waals surface area contributed by atoms with Crippen molar-refractivity contribution in [3.63, 3.8) is 0 Å². The van der Waals surface area contributed by atoms with Crippen LogP contribution in [0, 0.1) is 11.3 Å². The average molecular weight is 302 g/mol. The normalized spacial score (nSPS) is 18.5. The zero-order chi connectivity index (χ0) is 16.2. The molecule has 1 aromatic heterocycles. The summed E-state index contributed by atoms with van der Waals surface area (Å²) in [7, 11) is 0. The lowest BCUT2D eigenvalue weighted by Gasteiger charge is -2.34. The van der Waals surface area contributed by atoms with E-state index < -0.39 is 11.7 Å². The van der Waals surface area contributed by atoms with Crippen LogP contribution in [0.1, 0.15) is 39.2 Å². The number of hydrogen-bond acceptors (Lipinski definition) is 5. The van der Waals surface area contributed by atoms with E-state index in [-0.39, 0.29) is 6.04 Å². The highest BCUT2D eigenvalue weighted by molar-refractivity contribution is 5.68. The number of hydrogen-bond donors (Lipinski definition) is 1. The molecule has 6 heteroatoms. The van der Waals surface area contributed by atoms with Gasteiger partial charge in [-0.25, -0.2) is 9.78 Å². The molecule has 1 aliphatic heterocycles. The Bertz CT molecular complexity index is 574. The van der Waals surface area contributed by atoms with Crippen molar-refractivity contribution >= 4 is 11.9 Å². The standard InChI is InChI=1S/C16H22N4O2/c1-16(2,3)22-15(21)19-13-7-5-9-20(11-13)14-12(10-17)6-4-8-18-14/h4,6,8,13H,5,7,9,11H2,1-3H3,(H,19,21). The van der Waals surface area contributed by atoms with Gasteiger partial charge in [-0.05, 0) is 45.7 Å². The van der Waals surface area contributed by atoms with Gasteiger partial charge < -0.3 is 15.0 Å². The molecule has 0 bridgehead atoms. The number of nitrogens with one attached hydrogen (secondary N) is 1. The number of aromatic nitrogens is 1. The molecule has 1 aromatic rings. The van der Waals surface area contributed by atoms with Gasteiger partial charge in [0.25, 0.3) is 0 Å². The third-order valence-electron chi connectivity index (χ3n) is 3.35. The van der Waals surface area contributed by atoms with Gasteiger partial charge in [-0.1, -0.05) is 0 Å². The van der Waals surface area contributed by atoms with Crippen LogP contribution in [0.3, 0.4) is 0 Å². The van der Waals surface area contributed by atoms with E-state index in [2.05, 4.69) is 16.4 Å². The van der Waals surface area contributed by atoms with Crippen LogP contribution in [-0.4, -0.2) is 35.8 Å². The highest BCUT2D eigenvalue weighted by Gasteiger charge is 2.25. The van der Waals surface area contributed by atoms with E-state index in [1.54, 1.807) is 18.3 Å². The minimum atomic E-state index is -0.507. The summed E-state index contributed by atoms with van der Waals surface area (Å²) in [6.07, 6.45) is 3.11. The number of ether oxygens (including phenoxy) is 1. The number of pyridine rings is 1. The van der Waals surface area contributed by atoms with Crippen molar-refractivity contribution < 1.29 is 9.53 Å². The number of piperidine rings is 1. The van der Waals surface area contributed by atoms with E-state index in [1.807, 2.05) is 25.7 Å². The molecule has 1 fully saturated rings. The van der Waals surface area contributed by atoms with Gasteiger partial charge >= 0.3 is 6.09 Å². The number of anilines is 1. The number of nitrogens with zero attached hydrogens (tertiary/aromatic N) is 3. The average Bonchev–Trinajstić information content (AvgIpc) is 2.45. The first-order valence-corrected chi connectivity index (χ1v) is 7.48. The van der Waals surface area contributed by atoms with Gasteiger partial charge in [0.1, 0.15) is 17.5 Å². The van der Waals surface area contributed by atoms with E-state index >= 15 is 0 Å². The molecule has 1 saturated heterocycles. The molecule has 0 saturated carbocycles. The predicted octanol–water partition coefficient (Wildman–Crippen LogP) is 2.45.